The molecule has 0 N–H and O–H groups in total. The molecule has 2 saturated carbocycles. The van der Waals surface area contributed by atoms with E-state index in [0.717, 1.165) is 37.5 Å². The summed E-state index contributed by atoms with van der Waals surface area (Å²) in [7, 11) is 0. The smallest absolute Gasteiger partial charge is 0.293 e. The normalized spacial score (nSPS) is 18.9. The molecule has 2 aliphatic carbocycles. The van der Waals surface area contributed by atoms with E-state index in [4.69, 9.17) is 4.74 Å². The van der Waals surface area contributed by atoms with Crippen molar-refractivity contribution in [2.24, 2.45) is 5.41 Å². The summed E-state index contributed by atoms with van der Waals surface area (Å²) in [5.74, 6) is 0. The van der Waals surface area contributed by atoms with Crippen molar-refractivity contribution in [2.75, 3.05) is 0 Å². The molecule has 0 aliphatic heterocycles. The van der Waals surface area contributed by atoms with Gasteiger partial charge in [-0.05, 0) is 99.7 Å². The van der Waals surface area contributed by atoms with Crippen LogP contribution in [0.5, 0.6) is 0 Å². The molecule has 150 valence electrons. The van der Waals surface area contributed by atoms with Crippen LogP contribution in [0.25, 0.3) is 0 Å². The quantitative estimate of drug-likeness (QED) is 0.269. The number of carbonyl (C=O) groups is 1. The van der Waals surface area contributed by atoms with Crippen LogP contribution in [0.1, 0.15) is 101 Å². The van der Waals surface area contributed by atoms with Crippen LogP contribution in [0.4, 0.5) is 0 Å². The summed E-state index contributed by atoms with van der Waals surface area (Å²) in [5, 5.41) is 0. The fourth-order valence-electron chi connectivity index (χ4n) is 4.28. The molecular formula is C25H38O2. The van der Waals surface area contributed by atoms with Crippen molar-refractivity contribution < 1.29 is 9.53 Å². The Morgan fingerprint density at radius 3 is 2.33 bits per heavy atom. The molecule has 0 aromatic heterocycles. The zero-order valence-electron chi connectivity index (χ0n) is 17.5. The van der Waals surface area contributed by atoms with E-state index in [9.17, 15) is 4.79 Å². The zero-order valence-corrected chi connectivity index (χ0v) is 17.5. The molecule has 2 heteroatoms. The summed E-state index contributed by atoms with van der Waals surface area (Å²) >= 11 is 0. The Kier molecular flexibility index (Phi) is 7.00. The highest BCUT2D eigenvalue weighted by Gasteiger charge is 2.44. The Morgan fingerprint density at radius 1 is 0.926 bits per heavy atom. The van der Waals surface area contributed by atoms with E-state index in [1.54, 1.807) is 5.56 Å². The maximum atomic E-state index is 10.6. The summed E-state index contributed by atoms with van der Waals surface area (Å²) in [4.78, 5) is 10.6. The molecule has 2 aliphatic rings. The number of ether oxygens (including phenoxy) is 1. The van der Waals surface area contributed by atoms with Crippen molar-refractivity contribution in [3.63, 3.8) is 0 Å². The molecule has 1 aromatic rings. The maximum Gasteiger partial charge on any atom is 0.293 e. The average Bonchev–Trinajstić information content (AvgIpc) is 3.57. The van der Waals surface area contributed by atoms with Crippen LogP contribution >= 0.6 is 0 Å². The Bertz CT molecular complexity index is 611. The van der Waals surface area contributed by atoms with Crippen LogP contribution in [-0.4, -0.2) is 12.1 Å². The molecule has 3 rings (SSSR count). The Morgan fingerprint density at radius 2 is 1.63 bits per heavy atom. The van der Waals surface area contributed by atoms with Crippen molar-refractivity contribution in [3.05, 3.63) is 34.9 Å². The first-order valence-electron chi connectivity index (χ1n) is 11.2. The van der Waals surface area contributed by atoms with Gasteiger partial charge in [0, 0.05) is 0 Å². The average molecular weight is 371 g/mol. The first-order valence-corrected chi connectivity index (χ1v) is 11.2. The van der Waals surface area contributed by atoms with Gasteiger partial charge in [-0.15, -0.1) is 0 Å². The van der Waals surface area contributed by atoms with Crippen molar-refractivity contribution in [1.29, 1.82) is 0 Å². The third kappa shape index (κ3) is 6.66. The third-order valence-electron chi connectivity index (χ3n) is 6.95. The molecule has 2 fully saturated rings. The SMILES string of the molecule is Cc1ccc(CCCCC2(OC=O)CC2)cc1CCCCCCC1(C)CC1. The minimum Gasteiger partial charge on any atom is -0.461 e. The summed E-state index contributed by atoms with van der Waals surface area (Å²) < 4.78 is 5.24. The lowest BCUT2D eigenvalue weighted by molar-refractivity contribution is -0.135. The molecule has 0 radical (unpaired) electrons. The number of hydrogen-bond acceptors (Lipinski definition) is 2. The first-order chi connectivity index (χ1) is 13.0. The zero-order chi connectivity index (χ0) is 19.2. The van der Waals surface area contributed by atoms with Crippen molar-refractivity contribution in [2.45, 2.75) is 109 Å². The maximum absolute atomic E-state index is 10.6. The number of aryl methyl sites for hydroxylation is 3. The molecule has 1 aromatic carbocycles. The molecule has 0 saturated heterocycles. The Balaban J connectivity index is 1.32. The van der Waals surface area contributed by atoms with Crippen LogP contribution in [-0.2, 0) is 22.4 Å². The van der Waals surface area contributed by atoms with Crippen molar-refractivity contribution >= 4 is 6.47 Å². The molecule has 0 amide bonds. The number of benzene rings is 1. The van der Waals surface area contributed by atoms with Gasteiger partial charge in [-0.25, -0.2) is 0 Å². The van der Waals surface area contributed by atoms with Crippen LogP contribution in [0.15, 0.2) is 18.2 Å². The van der Waals surface area contributed by atoms with E-state index >= 15 is 0 Å². The number of rotatable bonds is 14. The van der Waals surface area contributed by atoms with Gasteiger partial charge in [0.1, 0.15) is 5.60 Å². The lowest BCUT2D eigenvalue weighted by atomic mass is 9.95. The van der Waals surface area contributed by atoms with Gasteiger partial charge in [0.2, 0.25) is 0 Å². The van der Waals surface area contributed by atoms with E-state index in [-0.39, 0.29) is 5.60 Å². The molecule has 0 bridgehead atoms. The van der Waals surface area contributed by atoms with Crippen LogP contribution in [0.3, 0.4) is 0 Å². The van der Waals surface area contributed by atoms with Gasteiger partial charge in [0.05, 0.1) is 0 Å². The number of unbranched alkanes of at least 4 members (excludes halogenated alkanes) is 4. The fourth-order valence-corrected chi connectivity index (χ4v) is 4.28. The number of carbonyl (C=O) groups excluding carboxylic acids is 1. The van der Waals surface area contributed by atoms with Crippen LogP contribution in [0, 0.1) is 12.3 Å². The molecular weight excluding hydrogens is 332 g/mol. The molecule has 0 heterocycles. The third-order valence-corrected chi connectivity index (χ3v) is 6.95. The molecule has 0 spiro atoms. The highest BCUT2D eigenvalue weighted by Crippen LogP contribution is 2.49. The minimum absolute atomic E-state index is 0.0862. The summed E-state index contributed by atoms with van der Waals surface area (Å²) in [6.07, 6.45) is 17.7. The van der Waals surface area contributed by atoms with Gasteiger partial charge in [-0.2, -0.15) is 0 Å². The van der Waals surface area contributed by atoms with Gasteiger partial charge in [-0.3, -0.25) is 4.79 Å². The lowest BCUT2D eigenvalue weighted by Gasteiger charge is -2.13. The minimum atomic E-state index is -0.0862. The fraction of sp³-hybridized carbons (Fsp3) is 0.720. The van der Waals surface area contributed by atoms with E-state index in [1.165, 1.54) is 68.9 Å². The molecule has 0 unspecified atom stereocenters. The molecule has 2 nitrogen and oxygen atoms in total. The summed E-state index contributed by atoms with van der Waals surface area (Å²) in [6, 6.07) is 7.04. The van der Waals surface area contributed by atoms with E-state index in [2.05, 4.69) is 32.0 Å². The number of hydrogen-bond donors (Lipinski definition) is 0. The van der Waals surface area contributed by atoms with E-state index in [0.29, 0.717) is 6.47 Å². The highest BCUT2D eigenvalue weighted by molar-refractivity contribution is 5.39. The predicted octanol–water partition coefficient (Wildman–Crippen LogP) is 6.71. The second-order valence-corrected chi connectivity index (χ2v) is 9.59. The molecule has 0 atom stereocenters. The van der Waals surface area contributed by atoms with Crippen LogP contribution in [0.2, 0.25) is 0 Å². The summed E-state index contributed by atoms with van der Waals surface area (Å²) in [5.41, 5.74) is 5.10. The predicted molar refractivity (Wildman–Crippen MR) is 112 cm³/mol. The van der Waals surface area contributed by atoms with E-state index < -0.39 is 0 Å². The van der Waals surface area contributed by atoms with Gasteiger partial charge in [0.15, 0.2) is 0 Å². The monoisotopic (exact) mass is 370 g/mol. The van der Waals surface area contributed by atoms with Crippen LogP contribution < -0.4 is 0 Å². The second kappa shape index (κ2) is 9.26. The Hall–Kier alpha value is -1.31. The van der Waals surface area contributed by atoms with Crippen molar-refractivity contribution in [3.8, 4) is 0 Å². The molecule has 27 heavy (non-hydrogen) atoms. The largest absolute Gasteiger partial charge is 0.461 e. The van der Waals surface area contributed by atoms with Gasteiger partial charge in [0.25, 0.3) is 6.47 Å². The summed E-state index contributed by atoms with van der Waals surface area (Å²) in [6.45, 7) is 5.33. The van der Waals surface area contributed by atoms with Gasteiger partial charge < -0.3 is 4.74 Å². The standard InChI is InChI=1S/C25H38O2/c1-21-11-12-22(9-6-8-14-25(17-18-25)27-20-26)19-23(21)10-5-3-4-7-13-24(2)15-16-24/h11-12,19-20H,3-10,13-18H2,1-2H3. The lowest BCUT2D eigenvalue weighted by Crippen LogP contribution is -2.12. The topological polar surface area (TPSA) is 26.3 Å². The van der Waals surface area contributed by atoms with E-state index in [1.807, 2.05) is 0 Å². The van der Waals surface area contributed by atoms with Crippen molar-refractivity contribution in [1.82, 2.24) is 0 Å². The Labute approximate surface area is 166 Å². The first kappa shape index (κ1) is 20.4. The van der Waals surface area contributed by atoms with Gasteiger partial charge in [-0.1, -0.05) is 44.4 Å². The second-order valence-electron chi connectivity index (χ2n) is 9.59. The van der Waals surface area contributed by atoms with Gasteiger partial charge >= 0.3 is 0 Å². The highest BCUT2D eigenvalue weighted by atomic mass is 16.5.